The molecular weight excluding hydrogens is 268 g/mol. The predicted molar refractivity (Wildman–Crippen MR) is 82.3 cm³/mol. The van der Waals surface area contributed by atoms with E-state index in [-0.39, 0.29) is 5.78 Å². The number of ketones is 1. The third-order valence-corrected chi connectivity index (χ3v) is 4.50. The number of carbonyl (C=O) groups is 1. The Morgan fingerprint density at radius 1 is 1.10 bits per heavy atom. The third-order valence-electron chi connectivity index (χ3n) is 3.19. The van der Waals surface area contributed by atoms with Crippen LogP contribution in [0.2, 0.25) is 0 Å². The Morgan fingerprint density at radius 2 is 1.90 bits per heavy atom. The SMILES string of the molecule is CC(=O)c1sc(-c2ccc3nc(C)ccc3c2)nc1C. The van der Waals surface area contributed by atoms with Gasteiger partial charge in [-0.2, -0.15) is 0 Å². The number of nitrogens with zero attached hydrogens (tertiary/aromatic N) is 2. The highest BCUT2D eigenvalue weighted by atomic mass is 32.1. The summed E-state index contributed by atoms with van der Waals surface area (Å²) in [5.41, 5.74) is 3.83. The van der Waals surface area contributed by atoms with Crippen LogP contribution >= 0.6 is 11.3 Å². The molecule has 1 aromatic carbocycles. The van der Waals surface area contributed by atoms with Gasteiger partial charge in [-0.3, -0.25) is 9.78 Å². The molecule has 100 valence electrons. The van der Waals surface area contributed by atoms with Gasteiger partial charge in [0, 0.05) is 23.6 Å². The van der Waals surface area contributed by atoms with Crippen LogP contribution in [0.15, 0.2) is 30.3 Å². The Bertz CT molecular complexity index is 820. The van der Waals surface area contributed by atoms with Crippen molar-refractivity contribution < 1.29 is 4.79 Å². The number of hydrogen-bond acceptors (Lipinski definition) is 4. The van der Waals surface area contributed by atoms with E-state index in [2.05, 4.69) is 22.1 Å². The van der Waals surface area contributed by atoms with Gasteiger partial charge in [0.25, 0.3) is 0 Å². The molecule has 0 spiro atoms. The van der Waals surface area contributed by atoms with E-state index in [9.17, 15) is 4.79 Å². The number of fused-ring (bicyclic) bond motifs is 1. The van der Waals surface area contributed by atoms with Crippen LogP contribution in [-0.4, -0.2) is 15.8 Å². The molecule has 0 fully saturated rings. The summed E-state index contributed by atoms with van der Waals surface area (Å²) < 4.78 is 0. The highest BCUT2D eigenvalue weighted by Gasteiger charge is 2.13. The molecule has 0 aliphatic carbocycles. The van der Waals surface area contributed by atoms with Gasteiger partial charge in [-0.15, -0.1) is 11.3 Å². The van der Waals surface area contributed by atoms with Gasteiger partial charge in [0.1, 0.15) is 5.01 Å². The minimum Gasteiger partial charge on any atom is -0.294 e. The molecule has 0 amide bonds. The van der Waals surface area contributed by atoms with Crippen LogP contribution in [0.5, 0.6) is 0 Å². The first kappa shape index (κ1) is 12.9. The lowest BCUT2D eigenvalue weighted by molar-refractivity contribution is 0.102. The molecule has 0 saturated heterocycles. The molecule has 3 nitrogen and oxygen atoms in total. The molecule has 0 N–H and O–H groups in total. The average Bonchev–Trinajstić information content (AvgIpc) is 2.80. The van der Waals surface area contributed by atoms with Crippen LogP contribution in [0.25, 0.3) is 21.5 Å². The highest BCUT2D eigenvalue weighted by Crippen LogP contribution is 2.30. The number of hydrogen-bond donors (Lipinski definition) is 0. The summed E-state index contributed by atoms with van der Waals surface area (Å²) in [7, 11) is 0. The van der Waals surface area contributed by atoms with Gasteiger partial charge in [0.05, 0.1) is 16.1 Å². The minimum absolute atomic E-state index is 0.0735. The van der Waals surface area contributed by atoms with E-state index in [0.29, 0.717) is 0 Å². The average molecular weight is 282 g/mol. The van der Waals surface area contributed by atoms with Crippen molar-refractivity contribution in [2.24, 2.45) is 0 Å². The summed E-state index contributed by atoms with van der Waals surface area (Å²) in [6.07, 6.45) is 0. The van der Waals surface area contributed by atoms with E-state index < -0.39 is 0 Å². The monoisotopic (exact) mass is 282 g/mol. The molecule has 0 atom stereocenters. The van der Waals surface area contributed by atoms with E-state index in [0.717, 1.165) is 37.7 Å². The highest BCUT2D eigenvalue weighted by molar-refractivity contribution is 7.17. The molecule has 0 aliphatic heterocycles. The maximum absolute atomic E-state index is 11.5. The Morgan fingerprint density at radius 3 is 2.60 bits per heavy atom. The van der Waals surface area contributed by atoms with Gasteiger partial charge in [-0.25, -0.2) is 4.98 Å². The lowest BCUT2D eigenvalue weighted by Crippen LogP contribution is -1.89. The Hall–Kier alpha value is -2.07. The summed E-state index contributed by atoms with van der Waals surface area (Å²) >= 11 is 1.45. The summed E-state index contributed by atoms with van der Waals surface area (Å²) in [5.74, 6) is 0.0735. The van der Waals surface area contributed by atoms with E-state index >= 15 is 0 Å². The van der Waals surface area contributed by atoms with Gasteiger partial charge in [0.15, 0.2) is 5.78 Å². The van der Waals surface area contributed by atoms with Gasteiger partial charge in [-0.05, 0) is 38.1 Å². The molecule has 3 aromatic rings. The second-order valence-corrected chi connectivity index (χ2v) is 5.85. The van der Waals surface area contributed by atoms with E-state index in [1.165, 1.54) is 11.3 Å². The minimum atomic E-state index is 0.0735. The van der Waals surface area contributed by atoms with Gasteiger partial charge in [-0.1, -0.05) is 6.07 Å². The third kappa shape index (κ3) is 2.23. The lowest BCUT2D eigenvalue weighted by atomic mass is 10.1. The maximum Gasteiger partial charge on any atom is 0.171 e. The number of Topliss-reactive ketones (excluding diaryl/α,β-unsaturated/α-hetero) is 1. The van der Waals surface area contributed by atoms with Crippen molar-refractivity contribution >= 4 is 28.0 Å². The van der Waals surface area contributed by atoms with Crippen LogP contribution in [0.4, 0.5) is 0 Å². The molecule has 0 bridgehead atoms. The lowest BCUT2D eigenvalue weighted by Gasteiger charge is -2.01. The molecule has 2 aromatic heterocycles. The topological polar surface area (TPSA) is 42.9 Å². The number of carbonyl (C=O) groups excluding carboxylic acids is 1. The second-order valence-electron chi connectivity index (χ2n) is 4.85. The largest absolute Gasteiger partial charge is 0.294 e. The van der Waals surface area contributed by atoms with Crippen molar-refractivity contribution in [3.8, 4) is 10.6 Å². The van der Waals surface area contributed by atoms with Crippen molar-refractivity contribution in [2.45, 2.75) is 20.8 Å². The Labute approximate surface area is 121 Å². The number of thiazole rings is 1. The van der Waals surface area contributed by atoms with Crippen LogP contribution in [0, 0.1) is 13.8 Å². The quantitative estimate of drug-likeness (QED) is 0.662. The molecular formula is C16H14N2OS. The zero-order valence-electron chi connectivity index (χ0n) is 11.6. The van der Waals surface area contributed by atoms with Gasteiger partial charge >= 0.3 is 0 Å². The fraction of sp³-hybridized carbons (Fsp3) is 0.188. The molecule has 0 saturated carbocycles. The number of rotatable bonds is 2. The summed E-state index contributed by atoms with van der Waals surface area (Å²) in [6.45, 7) is 5.44. The fourth-order valence-corrected chi connectivity index (χ4v) is 3.16. The van der Waals surface area contributed by atoms with Gasteiger partial charge < -0.3 is 0 Å². The smallest absolute Gasteiger partial charge is 0.171 e. The molecule has 4 heteroatoms. The van der Waals surface area contributed by atoms with Crippen molar-refractivity contribution in [3.63, 3.8) is 0 Å². The zero-order valence-corrected chi connectivity index (χ0v) is 12.4. The van der Waals surface area contributed by atoms with Crippen LogP contribution in [-0.2, 0) is 0 Å². The number of pyridine rings is 1. The Kier molecular flexibility index (Phi) is 3.10. The van der Waals surface area contributed by atoms with Crippen LogP contribution in [0.3, 0.4) is 0 Å². The first-order chi connectivity index (χ1) is 9.54. The number of aryl methyl sites for hydroxylation is 2. The molecule has 0 unspecified atom stereocenters. The summed E-state index contributed by atoms with van der Waals surface area (Å²) in [6, 6.07) is 10.1. The van der Waals surface area contributed by atoms with Crippen molar-refractivity contribution in [1.82, 2.24) is 9.97 Å². The second kappa shape index (κ2) is 4.80. The normalized spacial score (nSPS) is 10.9. The van der Waals surface area contributed by atoms with E-state index in [1.807, 2.05) is 32.0 Å². The van der Waals surface area contributed by atoms with Crippen LogP contribution in [0.1, 0.15) is 28.0 Å². The summed E-state index contributed by atoms with van der Waals surface area (Å²) in [5, 5.41) is 1.97. The molecule has 20 heavy (non-hydrogen) atoms. The number of benzene rings is 1. The predicted octanol–water partition coefficient (Wildman–Crippen LogP) is 4.18. The van der Waals surface area contributed by atoms with E-state index in [1.54, 1.807) is 6.92 Å². The number of aromatic nitrogens is 2. The standard InChI is InChI=1S/C16H14N2OS/c1-9-4-5-12-8-13(6-7-14(12)17-9)16-18-10(2)15(20-16)11(3)19/h4-8H,1-3H3. The zero-order chi connectivity index (χ0) is 14.3. The van der Waals surface area contributed by atoms with Crippen LogP contribution < -0.4 is 0 Å². The molecule has 0 aliphatic rings. The fourth-order valence-electron chi connectivity index (χ4n) is 2.21. The first-order valence-electron chi connectivity index (χ1n) is 6.41. The maximum atomic E-state index is 11.5. The molecule has 2 heterocycles. The molecule has 3 rings (SSSR count). The molecule has 0 radical (unpaired) electrons. The summed E-state index contributed by atoms with van der Waals surface area (Å²) in [4.78, 5) is 21.3. The van der Waals surface area contributed by atoms with Crippen molar-refractivity contribution in [3.05, 3.63) is 46.6 Å². The Balaban J connectivity index is 2.12. The van der Waals surface area contributed by atoms with Crippen molar-refractivity contribution in [2.75, 3.05) is 0 Å². The van der Waals surface area contributed by atoms with E-state index in [4.69, 9.17) is 0 Å². The first-order valence-corrected chi connectivity index (χ1v) is 7.22. The van der Waals surface area contributed by atoms with Gasteiger partial charge in [0.2, 0.25) is 0 Å². The van der Waals surface area contributed by atoms with Crippen molar-refractivity contribution in [1.29, 1.82) is 0 Å².